The van der Waals surface area contributed by atoms with E-state index in [2.05, 4.69) is 4.98 Å². The number of halogens is 1. The van der Waals surface area contributed by atoms with Crippen LogP contribution in [-0.2, 0) is 14.3 Å². The standard InChI is InChI=1S/C23H21ClN2O3/c1-13-9-10-18(25-12-13)26-20(14-5-4-6-15(24)11-14)19-21(27)16-7-2-3-8-17(16)29-22(19)23(26)28/h4-6,9-12,16-17,20H,2-3,7-8H2,1H3. The van der Waals surface area contributed by atoms with Crippen LogP contribution in [0.4, 0.5) is 5.82 Å². The number of fused-ring (bicyclic) bond motifs is 1. The molecule has 1 saturated carbocycles. The van der Waals surface area contributed by atoms with Crippen molar-refractivity contribution in [2.75, 3.05) is 4.90 Å². The van der Waals surface area contributed by atoms with E-state index >= 15 is 0 Å². The second-order valence-electron chi connectivity index (χ2n) is 7.98. The molecule has 1 fully saturated rings. The second-order valence-corrected chi connectivity index (χ2v) is 8.42. The number of amides is 1. The molecule has 0 saturated heterocycles. The highest BCUT2D eigenvalue weighted by molar-refractivity contribution is 6.30. The lowest BCUT2D eigenvalue weighted by atomic mass is 9.77. The van der Waals surface area contributed by atoms with E-state index < -0.39 is 6.04 Å². The highest BCUT2D eigenvalue weighted by Gasteiger charge is 2.52. The maximum Gasteiger partial charge on any atom is 0.295 e. The number of pyridine rings is 1. The first kappa shape index (κ1) is 18.4. The van der Waals surface area contributed by atoms with Crippen LogP contribution in [0.3, 0.4) is 0 Å². The molecule has 0 bridgehead atoms. The molecule has 5 rings (SSSR count). The van der Waals surface area contributed by atoms with E-state index in [-0.39, 0.29) is 29.5 Å². The van der Waals surface area contributed by atoms with Crippen molar-refractivity contribution in [1.29, 1.82) is 0 Å². The first-order chi connectivity index (χ1) is 14.0. The minimum absolute atomic E-state index is 0.0314. The van der Waals surface area contributed by atoms with E-state index in [0.717, 1.165) is 36.8 Å². The van der Waals surface area contributed by atoms with Gasteiger partial charge in [0.2, 0.25) is 0 Å². The van der Waals surface area contributed by atoms with Crippen LogP contribution >= 0.6 is 11.6 Å². The number of rotatable bonds is 2. The van der Waals surface area contributed by atoms with Gasteiger partial charge in [-0.2, -0.15) is 0 Å². The van der Waals surface area contributed by atoms with Crippen molar-refractivity contribution in [3.05, 3.63) is 70.1 Å². The molecule has 0 radical (unpaired) electrons. The molecule has 148 valence electrons. The molecule has 3 atom stereocenters. The summed E-state index contributed by atoms with van der Waals surface area (Å²) in [5.74, 6) is 0.232. The predicted octanol–water partition coefficient (Wildman–Crippen LogP) is 4.54. The fourth-order valence-corrected chi connectivity index (χ4v) is 4.87. The van der Waals surface area contributed by atoms with Crippen LogP contribution in [0.5, 0.6) is 0 Å². The molecule has 3 heterocycles. The number of benzene rings is 1. The van der Waals surface area contributed by atoms with Gasteiger partial charge in [0.15, 0.2) is 11.5 Å². The van der Waals surface area contributed by atoms with Crippen LogP contribution in [0.2, 0.25) is 5.02 Å². The van der Waals surface area contributed by atoms with E-state index in [1.54, 1.807) is 29.3 Å². The zero-order valence-corrected chi connectivity index (χ0v) is 16.9. The lowest BCUT2D eigenvalue weighted by molar-refractivity contribution is -0.131. The van der Waals surface area contributed by atoms with Crippen molar-refractivity contribution in [2.45, 2.75) is 44.8 Å². The van der Waals surface area contributed by atoms with Gasteiger partial charge in [0.1, 0.15) is 11.9 Å². The molecule has 0 N–H and O–H groups in total. The Morgan fingerprint density at radius 3 is 2.72 bits per heavy atom. The van der Waals surface area contributed by atoms with Gasteiger partial charge in [0.05, 0.1) is 17.5 Å². The Hall–Kier alpha value is -2.66. The Labute approximate surface area is 174 Å². The third-order valence-corrected chi connectivity index (χ3v) is 6.31. The van der Waals surface area contributed by atoms with Gasteiger partial charge in [-0.15, -0.1) is 0 Å². The number of anilines is 1. The summed E-state index contributed by atoms with van der Waals surface area (Å²) in [4.78, 5) is 33.0. The first-order valence-electron chi connectivity index (χ1n) is 10.0. The maximum absolute atomic E-state index is 13.5. The summed E-state index contributed by atoms with van der Waals surface area (Å²) in [6.45, 7) is 1.94. The average molecular weight is 409 g/mol. The van der Waals surface area contributed by atoms with Crippen LogP contribution in [0.15, 0.2) is 53.9 Å². The lowest BCUT2D eigenvalue weighted by Crippen LogP contribution is -2.39. The Balaban J connectivity index is 1.66. The van der Waals surface area contributed by atoms with Gasteiger partial charge < -0.3 is 4.74 Å². The largest absolute Gasteiger partial charge is 0.483 e. The summed E-state index contributed by atoms with van der Waals surface area (Å²) in [7, 11) is 0. The molecule has 2 aliphatic heterocycles. The number of aryl methyl sites for hydroxylation is 1. The van der Waals surface area contributed by atoms with E-state index in [0.29, 0.717) is 16.4 Å². The second kappa shape index (κ2) is 6.99. The molecular formula is C23H21ClN2O3. The van der Waals surface area contributed by atoms with E-state index in [4.69, 9.17) is 16.3 Å². The molecule has 6 heteroatoms. The van der Waals surface area contributed by atoms with Gasteiger partial charge in [0, 0.05) is 11.2 Å². The summed E-state index contributed by atoms with van der Waals surface area (Å²) in [6, 6.07) is 10.4. The number of ketones is 1. The number of Topliss-reactive ketones (excluding diaryl/α,β-unsaturated/α-hetero) is 1. The van der Waals surface area contributed by atoms with Crippen LogP contribution in [0.25, 0.3) is 0 Å². The van der Waals surface area contributed by atoms with Crippen molar-refractivity contribution < 1.29 is 14.3 Å². The lowest BCUT2D eigenvalue weighted by Gasteiger charge is -2.35. The Bertz CT molecular complexity index is 1030. The monoisotopic (exact) mass is 408 g/mol. The van der Waals surface area contributed by atoms with Crippen molar-refractivity contribution in [3.8, 4) is 0 Å². The number of aromatic nitrogens is 1. The molecule has 3 aliphatic rings. The van der Waals surface area contributed by atoms with Crippen molar-refractivity contribution in [3.63, 3.8) is 0 Å². The van der Waals surface area contributed by atoms with Crippen LogP contribution in [0.1, 0.15) is 42.9 Å². The minimum atomic E-state index is -0.582. The summed E-state index contributed by atoms with van der Waals surface area (Å²) < 4.78 is 6.16. The van der Waals surface area contributed by atoms with E-state index in [1.165, 1.54) is 0 Å². The zero-order chi connectivity index (χ0) is 20.1. The topological polar surface area (TPSA) is 59.5 Å². The first-order valence-corrected chi connectivity index (χ1v) is 10.4. The molecule has 1 aromatic heterocycles. The van der Waals surface area contributed by atoms with Gasteiger partial charge >= 0.3 is 0 Å². The number of ether oxygens (including phenoxy) is 1. The number of carbonyl (C=O) groups is 2. The number of nitrogens with zero attached hydrogens (tertiary/aromatic N) is 2. The molecule has 1 amide bonds. The fraction of sp³-hybridized carbons (Fsp3) is 0.348. The smallest absolute Gasteiger partial charge is 0.295 e. The summed E-state index contributed by atoms with van der Waals surface area (Å²) in [5.41, 5.74) is 2.22. The quantitative estimate of drug-likeness (QED) is 0.731. The minimum Gasteiger partial charge on any atom is -0.483 e. The SMILES string of the molecule is Cc1ccc(N2C(=O)C3=C(C(=O)C4CCCCC4O3)C2c2cccc(Cl)c2)nc1. The van der Waals surface area contributed by atoms with Gasteiger partial charge in [-0.1, -0.05) is 36.2 Å². The molecule has 1 aromatic carbocycles. The Morgan fingerprint density at radius 2 is 1.97 bits per heavy atom. The fourth-order valence-electron chi connectivity index (χ4n) is 4.68. The number of hydrogen-bond donors (Lipinski definition) is 0. The molecule has 1 aliphatic carbocycles. The molecule has 29 heavy (non-hydrogen) atoms. The van der Waals surface area contributed by atoms with E-state index in [9.17, 15) is 9.59 Å². The van der Waals surface area contributed by atoms with Gasteiger partial charge in [-0.3, -0.25) is 14.5 Å². The van der Waals surface area contributed by atoms with Gasteiger partial charge in [0.25, 0.3) is 5.91 Å². The number of hydrogen-bond acceptors (Lipinski definition) is 4. The van der Waals surface area contributed by atoms with Crippen molar-refractivity contribution >= 4 is 29.1 Å². The summed E-state index contributed by atoms with van der Waals surface area (Å²) >= 11 is 6.25. The molecule has 2 aromatic rings. The van der Waals surface area contributed by atoms with E-state index in [1.807, 2.05) is 25.1 Å². The maximum atomic E-state index is 13.5. The predicted molar refractivity (Wildman–Crippen MR) is 110 cm³/mol. The zero-order valence-electron chi connectivity index (χ0n) is 16.1. The van der Waals surface area contributed by atoms with Gasteiger partial charge in [-0.25, -0.2) is 4.98 Å². The third-order valence-electron chi connectivity index (χ3n) is 6.07. The highest BCUT2D eigenvalue weighted by Crippen LogP contribution is 2.48. The third kappa shape index (κ3) is 2.96. The highest BCUT2D eigenvalue weighted by atomic mass is 35.5. The van der Waals surface area contributed by atoms with Crippen molar-refractivity contribution in [1.82, 2.24) is 4.98 Å². The van der Waals surface area contributed by atoms with Crippen LogP contribution < -0.4 is 4.90 Å². The van der Waals surface area contributed by atoms with Crippen LogP contribution in [-0.4, -0.2) is 22.8 Å². The van der Waals surface area contributed by atoms with Gasteiger partial charge in [-0.05, 0) is 55.5 Å². The molecule has 5 nitrogen and oxygen atoms in total. The Kier molecular flexibility index (Phi) is 4.43. The number of carbonyl (C=O) groups excluding carboxylic acids is 2. The Morgan fingerprint density at radius 1 is 1.14 bits per heavy atom. The molecule has 0 spiro atoms. The van der Waals surface area contributed by atoms with Crippen LogP contribution in [0, 0.1) is 12.8 Å². The average Bonchev–Trinajstić information content (AvgIpc) is 3.02. The molecule has 3 unspecified atom stereocenters. The summed E-state index contributed by atoms with van der Waals surface area (Å²) in [6.07, 6.45) is 5.16. The normalized spacial score (nSPS) is 26.3. The summed E-state index contributed by atoms with van der Waals surface area (Å²) in [5, 5.41) is 0.556. The van der Waals surface area contributed by atoms with Crippen molar-refractivity contribution in [2.24, 2.45) is 5.92 Å². The molecular weight excluding hydrogens is 388 g/mol.